The number of benzene rings is 3. The average molecular weight is 421 g/mol. The van der Waals surface area contributed by atoms with Gasteiger partial charge in [0.05, 0.1) is 5.69 Å². The first kappa shape index (κ1) is 20.2. The number of amides is 4. The van der Waals surface area contributed by atoms with E-state index in [4.69, 9.17) is 0 Å². The second kappa shape index (κ2) is 7.98. The van der Waals surface area contributed by atoms with Crippen molar-refractivity contribution >= 4 is 23.5 Å². The molecular weight excluding hydrogens is 404 g/mol. The minimum atomic E-state index is -1.51. The van der Waals surface area contributed by atoms with Crippen molar-refractivity contribution < 1.29 is 23.2 Å². The molecule has 0 bridgehead atoms. The summed E-state index contributed by atoms with van der Waals surface area (Å²) in [7, 11) is 0. The topological polar surface area (TPSA) is 78.5 Å². The van der Waals surface area contributed by atoms with E-state index in [1.165, 1.54) is 0 Å². The van der Waals surface area contributed by atoms with Crippen molar-refractivity contribution in [1.82, 2.24) is 10.2 Å². The predicted molar refractivity (Wildman–Crippen MR) is 109 cm³/mol. The number of anilines is 1. The molecule has 31 heavy (non-hydrogen) atoms. The number of carbonyl (C=O) groups excluding carboxylic acids is 3. The van der Waals surface area contributed by atoms with Crippen molar-refractivity contribution in [1.29, 1.82) is 0 Å². The highest BCUT2D eigenvalue weighted by molar-refractivity contribution is 6.12. The molecule has 4 amide bonds. The van der Waals surface area contributed by atoms with E-state index in [1.54, 1.807) is 60.7 Å². The number of imide groups is 1. The van der Waals surface area contributed by atoms with Crippen LogP contribution in [0, 0.1) is 11.6 Å². The summed E-state index contributed by atoms with van der Waals surface area (Å²) in [6.45, 7) is -0.665. The molecule has 3 aromatic rings. The molecule has 0 aromatic heterocycles. The van der Waals surface area contributed by atoms with Gasteiger partial charge in [-0.2, -0.15) is 0 Å². The van der Waals surface area contributed by atoms with E-state index in [9.17, 15) is 23.2 Å². The van der Waals surface area contributed by atoms with Crippen molar-refractivity contribution in [2.24, 2.45) is 0 Å². The molecule has 1 aliphatic heterocycles. The number of nitrogens with zero attached hydrogens (tertiary/aromatic N) is 1. The van der Waals surface area contributed by atoms with Gasteiger partial charge in [0.25, 0.3) is 5.91 Å². The molecule has 0 unspecified atom stereocenters. The smallest absolute Gasteiger partial charge is 0.322 e. The first-order chi connectivity index (χ1) is 14.9. The van der Waals surface area contributed by atoms with Crippen LogP contribution in [0.2, 0.25) is 0 Å². The van der Waals surface area contributed by atoms with E-state index >= 15 is 0 Å². The maximum absolute atomic E-state index is 13.8. The average Bonchev–Trinajstić information content (AvgIpc) is 3.03. The summed E-state index contributed by atoms with van der Waals surface area (Å²) in [5.41, 5.74) is -0.837. The van der Waals surface area contributed by atoms with Gasteiger partial charge >= 0.3 is 6.03 Å². The lowest BCUT2D eigenvalue weighted by Gasteiger charge is -2.28. The molecule has 6 nitrogen and oxygen atoms in total. The first-order valence-electron chi connectivity index (χ1n) is 9.42. The lowest BCUT2D eigenvalue weighted by Crippen LogP contribution is -2.45. The minimum Gasteiger partial charge on any atom is -0.322 e. The van der Waals surface area contributed by atoms with Crippen LogP contribution >= 0.6 is 0 Å². The highest BCUT2D eigenvalue weighted by Crippen LogP contribution is 2.35. The maximum Gasteiger partial charge on any atom is 0.326 e. The summed E-state index contributed by atoms with van der Waals surface area (Å²) in [5, 5.41) is 4.91. The van der Waals surface area contributed by atoms with Crippen molar-refractivity contribution in [3.8, 4) is 0 Å². The highest BCUT2D eigenvalue weighted by atomic mass is 19.1. The fraction of sp³-hybridized carbons (Fsp3) is 0.0870. The highest BCUT2D eigenvalue weighted by Gasteiger charge is 2.54. The fourth-order valence-corrected chi connectivity index (χ4v) is 3.58. The Kier molecular flexibility index (Phi) is 5.21. The summed E-state index contributed by atoms with van der Waals surface area (Å²) >= 11 is 0. The largest absolute Gasteiger partial charge is 0.326 e. The van der Waals surface area contributed by atoms with E-state index in [-0.39, 0.29) is 5.69 Å². The molecule has 1 fully saturated rings. The zero-order chi connectivity index (χ0) is 22.0. The quantitative estimate of drug-likeness (QED) is 0.620. The Morgan fingerprint density at radius 2 is 1.48 bits per heavy atom. The van der Waals surface area contributed by atoms with Gasteiger partial charge in [0, 0.05) is 6.07 Å². The standard InChI is InChI=1S/C23H17F2N3O3/c24-17-11-12-18(25)19(13-17)26-20(29)14-28-21(30)23(27-22(28)31,15-7-3-1-4-8-15)16-9-5-2-6-10-16/h1-13H,14H2,(H,26,29)(H,27,31). The van der Waals surface area contributed by atoms with Gasteiger partial charge in [-0.25, -0.2) is 13.6 Å². The Bertz CT molecular complexity index is 1110. The van der Waals surface area contributed by atoms with E-state index in [0.29, 0.717) is 11.1 Å². The van der Waals surface area contributed by atoms with Crippen LogP contribution in [-0.4, -0.2) is 29.3 Å². The van der Waals surface area contributed by atoms with Gasteiger partial charge in [-0.3, -0.25) is 14.5 Å². The molecule has 1 saturated heterocycles. The molecule has 3 aromatic carbocycles. The van der Waals surface area contributed by atoms with Crippen molar-refractivity contribution in [2.75, 3.05) is 11.9 Å². The fourth-order valence-electron chi connectivity index (χ4n) is 3.58. The number of urea groups is 1. The monoisotopic (exact) mass is 421 g/mol. The van der Waals surface area contributed by atoms with E-state index < -0.39 is 41.6 Å². The Morgan fingerprint density at radius 3 is 2.06 bits per heavy atom. The number of hydrogen-bond donors (Lipinski definition) is 2. The second-order valence-electron chi connectivity index (χ2n) is 6.98. The number of hydrogen-bond acceptors (Lipinski definition) is 3. The van der Waals surface area contributed by atoms with Gasteiger partial charge in [-0.1, -0.05) is 60.7 Å². The van der Waals surface area contributed by atoms with Gasteiger partial charge in [0.15, 0.2) is 5.54 Å². The Hall–Kier alpha value is -4.07. The first-order valence-corrected chi connectivity index (χ1v) is 9.42. The zero-order valence-corrected chi connectivity index (χ0v) is 16.1. The SMILES string of the molecule is O=C(CN1C(=O)NC(c2ccccc2)(c2ccccc2)C1=O)Nc1cc(F)ccc1F. The normalized spacial score (nSPS) is 15.0. The van der Waals surface area contributed by atoms with Gasteiger partial charge in [-0.15, -0.1) is 0 Å². The summed E-state index contributed by atoms with van der Waals surface area (Å²) in [6, 6.07) is 19.2. The second-order valence-corrected chi connectivity index (χ2v) is 6.98. The lowest BCUT2D eigenvalue weighted by atomic mass is 9.82. The van der Waals surface area contributed by atoms with E-state index in [0.717, 1.165) is 23.1 Å². The molecular formula is C23H17F2N3O3. The minimum absolute atomic E-state index is 0.380. The van der Waals surface area contributed by atoms with Crippen molar-refractivity contribution in [3.05, 3.63) is 102 Å². The van der Waals surface area contributed by atoms with Crippen LogP contribution in [0.15, 0.2) is 78.9 Å². The van der Waals surface area contributed by atoms with Gasteiger partial charge in [0.1, 0.15) is 18.2 Å². The van der Waals surface area contributed by atoms with Gasteiger partial charge in [0.2, 0.25) is 5.91 Å². The molecule has 1 aliphatic rings. The van der Waals surface area contributed by atoms with Crippen LogP contribution in [0.1, 0.15) is 11.1 Å². The summed E-state index contributed by atoms with van der Waals surface area (Å²) in [4.78, 5) is 39.4. The van der Waals surface area contributed by atoms with Gasteiger partial charge < -0.3 is 10.6 Å². The van der Waals surface area contributed by atoms with Crippen LogP contribution in [0.25, 0.3) is 0 Å². The molecule has 0 radical (unpaired) electrons. The Balaban J connectivity index is 1.65. The molecule has 2 N–H and O–H groups in total. The third-order valence-electron chi connectivity index (χ3n) is 5.02. The molecule has 0 aliphatic carbocycles. The van der Waals surface area contributed by atoms with Crippen molar-refractivity contribution in [3.63, 3.8) is 0 Å². The molecule has 8 heteroatoms. The van der Waals surface area contributed by atoms with Crippen LogP contribution in [0.5, 0.6) is 0 Å². The number of halogens is 2. The number of nitrogens with one attached hydrogen (secondary N) is 2. The molecule has 4 rings (SSSR count). The zero-order valence-electron chi connectivity index (χ0n) is 16.1. The molecule has 1 heterocycles. The van der Waals surface area contributed by atoms with Gasteiger partial charge in [-0.05, 0) is 23.3 Å². The van der Waals surface area contributed by atoms with Crippen molar-refractivity contribution in [2.45, 2.75) is 5.54 Å². The third-order valence-corrected chi connectivity index (χ3v) is 5.02. The lowest BCUT2D eigenvalue weighted by molar-refractivity contribution is -0.133. The number of carbonyl (C=O) groups is 3. The molecule has 0 atom stereocenters. The third kappa shape index (κ3) is 3.63. The maximum atomic E-state index is 13.8. The van der Waals surface area contributed by atoms with E-state index in [1.807, 2.05) is 0 Å². The van der Waals surface area contributed by atoms with E-state index in [2.05, 4.69) is 10.6 Å². The molecule has 0 spiro atoms. The predicted octanol–water partition coefficient (Wildman–Crippen LogP) is 3.40. The van der Waals surface area contributed by atoms with Crippen LogP contribution < -0.4 is 10.6 Å². The summed E-state index contributed by atoms with van der Waals surface area (Å²) < 4.78 is 27.2. The Morgan fingerprint density at radius 1 is 0.903 bits per heavy atom. The Labute approximate surface area is 176 Å². The molecule has 0 saturated carbocycles. The van der Waals surface area contributed by atoms with Crippen LogP contribution in [-0.2, 0) is 15.1 Å². The van der Waals surface area contributed by atoms with Crippen LogP contribution in [0.3, 0.4) is 0 Å². The molecule has 156 valence electrons. The summed E-state index contributed by atoms with van der Waals surface area (Å²) in [5.74, 6) is -3.07. The van der Waals surface area contributed by atoms with Crippen LogP contribution in [0.4, 0.5) is 19.3 Å². The number of rotatable bonds is 5. The summed E-state index contributed by atoms with van der Waals surface area (Å²) in [6.07, 6.45) is 0.